The maximum atomic E-state index is 12.8. The molecule has 24 heavy (non-hydrogen) atoms. The van der Waals surface area contributed by atoms with Gasteiger partial charge in [-0.2, -0.15) is 5.10 Å². The van der Waals surface area contributed by atoms with Crippen molar-refractivity contribution in [1.29, 1.82) is 0 Å². The second-order valence-electron chi connectivity index (χ2n) is 6.48. The van der Waals surface area contributed by atoms with E-state index in [1.54, 1.807) is 6.20 Å². The Bertz CT molecular complexity index is 748. The largest absolute Gasteiger partial charge is 0.369 e. The van der Waals surface area contributed by atoms with Gasteiger partial charge in [0.2, 0.25) is 5.91 Å². The predicted octanol–water partition coefficient (Wildman–Crippen LogP) is 1.99. The first-order chi connectivity index (χ1) is 11.8. The number of carbonyl (C=O) groups excluding carboxylic acids is 1. The summed E-state index contributed by atoms with van der Waals surface area (Å²) >= 11 is 0. The molecule has 0 bridgehead atoms. The lowest BCUT2D eigenvalue weighted by atomic mass is 10.1. The zero-order valence-corrected chi connectivity index (χ0v) is 13.8. The van der Waals surface area contributed by atoms with E-state index < -0.39 is 0 Å². The van der Waals surface area contributed by atoms with E-state index in [0.717, 1.165) is 43.0 Å². The third-order valence-electron chi connectivity index (χ3n) is 4.83. The first kappa shape index (κ1) is 15.1. The highest BCUT2D eigenvalue weighted by atomic mass is 16.2. The van der Waals surface area contributed by atoms with E-state index in [9.17, 15) is 4.79 Å². The molecule has 4 rings (SSSR count). The van der Waals surface area contributed by atoms with E-state index in [-0.39, 0.29) is 11.8 Å². The van der Waals surface area contributed by atoms with Crippen molar-refractivity contribution in [2.24, 2.45) is 5.92 Å². The van der Waals surface area contributed by atoms with Crippen molar-refractivity contribution in [3.05, 3.63) is 47.4 Å². The van der Waals surface area contributed by atoms with Crippen LogP contribution in [0.3, 0.4) is 0 Å². The van der Waals surface area contributed by atoms with Crippen LogP contribution in [0.4, 0.5) is 5.82 Å². The van der Waals surface area contributed by atoms with Gasteiger partial charge in [-0.3, -0.25) is 9.78 Å². The van der Waals surface area contributed by atoms with Gasteiger partial charge in [0.15, 0.2) is 0 Å². The van der Waals surface area contributed by atoms with Gasteiger partial charge in [0.25, 0.3) is 0 Å². The molecule has 3 heterocycles. The van der Waals surface area contributed by atoms with Crippen LogP contribution in [0.25, 0.3) is 0 Å². The monoisotopic (exact) mass is 323 g/mol. The Morgan fingerprint density at radius 3 is 3.12 bits per heavy atom. The van der Waals surface area contributed by atoms with E-state index in [1.807, 2.05) is 30.2 Å². The Hall–Kier alpha value is -2.50. The summed E-state index contributed by atoms with van der Waals surface area (Å²) in [6, 6.07) is 6.03. The van der Waals surface area contributed by atoms with Crippen molar-refractivity contribution < 1.29 is 4.79 Å². The third kappa shape index (κ3) is 2.84. The summed E-state index contributed by atoms with van der Waals surface area (Å²) in [6.07, 6.45) is 5.37. The van der Waals surface area contributed by atoms with Crippen LogP contribution in [-0.4, -0.2) is 39.1 Å². The molecular weight excluding hydrogens is 302 g/mol. The number of nitrogens with one attached hydrogen (secondary N) is 1. The fraction of sp³-hybridized carbons (Fsp3) is 0.444. The quantitative estimate of drug-likeness (QED) is 0.932. The summed E-state index contributed by atoms with van der Waals surface area (Å²) in [5, 5.41) is 11.7. The number of pyridine rings is 1. The lowest BCUT2D eigenvalue weighted by Crippen LogP contribution is -2.37. The molecule has 0 saturated heterocycles. The summed E-state index contributed by atoms with van der Waals surface area (Å²) in [5.74, 6) is 1.49. The lowest BCUT2D eigenvalue weighted by Gasteiger charge is -2.28. The minimum atomic E-state index is 0.110. The summed E-state index contributed by atoms with van der Waals surface area (Å²) in [7, 11) is 0. The fourth-order valence-corrected chi connectivity index (χ4v) is 3.45. The molecule has 0 radical (unpaired) electrons. The van der Waals surface area contributed by atoms with Crippen LogP contribution in [0.15, 0.2) is 30.6 Å². The van der Waals surface area contributed by atoms with Crippen LogP contribution in [0.5, 0.6) is 0 Å². The molecule has 1 saturated carbocycles. The zero-order chi connectivity index (χ0) is 16.5. The van der Waals surface area contributed by atoms with E-state index >= 15 is 0 Å². The van der Waals surface area contributed by atoms with Crippen LogP contribution in [0, 0.1) is 5.92 Å². The number of nitrogens with zero attached hydrogens (tertiary/aromatic N) is 4. The van der Waals surface area contributed by atoms with E-state index in [4.69, 9.17) is 0 Å². The molecule has 2 aliphatic rings. The van der Waals surface area contributed by atoms with E-state index in [2.05, 4.69) is 26.6 Å². The van der Waals surface area contributed by atoms with Crippen molar-refractivity contribution in [3.8, 4) is 0 Å². The van der Waals surface area contributed by atoms with Gasteiger partial charge >= 0.3 is 0 Å². The van der Waals surface area contributed by atoms with Gasteiger partial charge < -0.3 is 10.2 Å². The Labute approximate surface area is 141 Å². The van der Waals surface area contributed by atoms with Crippen molar-refractivity contribution in [2.45, 2.75) is 32.2 Å². The standard InChI is InChI=1S/C18H21N5O/c1-2-20-17-8-13-11-23(7-5-16(13)21-22-17)18(24)15-9-14(15)12-4-3-6-19-10-12/h3-4,6,8,10,14-15H,2,5,7,9,11H2,1H3,(H,20,22)/t14-,15+/m0/s1. The second kappa shape index (κ2) is 6.19. The van der Waals surface area contributed by atoms with Crippen LogP contribution in [0.2, 0.25) is 0 Å². The highest BCUT2D eigenvalue weighted by molar-refractivity contribution is 5.83. The van der Waals surface area contributed by atoms with Crippen molar-refractivity contribution >= 4 is 11.7 Å². The number of amides is 1. The number of fused-ring (bicyclic) bond motifs is 1. The molecule has 2 atom stereocenters. The van der Waals surface area contributed by atoms with Gasteiger partial charge in [-0.15, -0.1) is 5.10 Å². The van der Waals surface area contributed by atoms with Crippen LogP contribution in [0.1, 0.15) is 36.1 Å². The lowest BCUT2D eigenvalue weighted by molar-refractivity contribution is -0.133. The van der Waals surface area contributed by atoms with Gasteiger partial charge in [-0.1, -0.05) is 6.07 Å². The second-order valence-corrected chi connectivity index (χ2v) is 6.48. The maximum absolute atomic E-state index is 12.8. The van der Waals surface area contributed by atoms with E-state index in [0.29, 0.717) is 12.5 Å². The fourth-order valence-electron chi connectivity index (χ4n) is 3.45. The minimum Gasteiger partial charge on any atom is -0.369 e. The van der Waals surface area contributed by atoms with E-state index in [1.165, 1.54) is 5.56 Å². The SMILES string of the molecule is CCNc1cc2c(nn1)CCN(C(=O)[C@@H]1C[C@H]1c1cccnc1)C2. The molecule has 1 aliphatic carbocycles. The number of hydrogen-bond donors (Lipinski definition) is 1. The molecule has 124 valence electrons. The average molecular weight is 323 g/mol. The van der Waals surface area contributed by atoms with Gasteiger partial charge in [0.1, 0.15) is 5.82 Å². The minimum absolute atomic E-state index is 0.110. The molecule has 2 aromatic rings. The Kier molecular flexibility index (Phi) is 3.88. The summed E-state index contributed by atoms with van der Waals surface area (Å²) in [5.41, 5.74) is 3.30. The molecule has 6 nitrogen and oxygen atoms in total. The molecule has 6 heteroatoms. The Balaban J connectivity index is 1.45. The number of anilines is 1. The third-order valence-corrected chi connectivity index (χ3v) is 4.83. The number of carbonyl (C=O) groups is 1. The molecule has 1 N–H and O–H groups in total. The maximum Gasteiger partial charge on any atom is 0.226 e. The van der Waals surface area contributed by atoms with Crippen LogP contribution >= 0.6 is 0 Å². The molecule has 0 spiro atoms. The van der Waals surface area contributed by atoms with Gasteiger partial charge in [-0.05, 0) is 42.5 Å². The molecule has 0 unspecified atom stereocenters. The average Bonchev–Trinajstić information content (AvgIpc) is 3.42. The Morgan fingerprint density at radius 1 is 1.42 bits per heavy atom. The zero-order valence-electron chi connectivity index (χ0n) is 13.8. The van der Waals surface area contributed by atoms with Gasteiger partial charge in [0, 0.05) is 44.4 Å². The highest BCUT2D eigenvalue weighted by Gasteiger charge is 2.46. The summed E-state index contributed by atoms with van der Waals surface area (Å²) < 4.78 is 0. The molecule has 1 fully saturated rings. The highest BCUT2D eigenvalue weighted by Crippen LogP contribution is 2.48. The molecule has 0 aromatic carbocycles. The van der Waals surface area contributed by atoms with Gasteiger partial charge in [-0.25, -0.2) is 0 Å². The number of aromatic nitrogens is 3. The molecule has 1 amide bonds. The van der Waals surface area contributed by atoms with Crippen LogP contribution in [-0.2, 0) is 17.8 Å². The summed E-state index contributed by atoms with van der Waals surface area (Å²) in [6.45, 7) is 4.21. The number of hydrogen-bond acceptors (Lipinski definition) is 5. The normalized spacial score (nSPS) is 22.0. The van der Waals surface area contributed by atoms with Crippen molar-refractivity contribution in [3.63, 3.8) is 0 Å². The topological polar surface area (TPSA) is 71.0 Å². The molecular formula is C18H21N5O. The predicted molar refractivity (Wildman–Crippen MR) is 90.4 cm³/mol. The molecule has 1 aliphatic heterocycles. The van der Waals surface area contributed by atoms with Crippen molar-refractivity contribution in [1.82, 2.24) is 20.1 Å². The van der Waals surface area contributed by atoms with Crippen LogP contribution < -0.4 is 5.32 Å². The smallest absolute Gasteiger partial charge is 0.226 e. The van der Waals surface area contributed by atoms with Crippen molar-refractivity contribution in [2.75, 3.05) is 18.4 Å². The number of rotatable bonds is 4. The van der Waals surface area contributed by atoms with Gasteiger partial charge in [0.05, 0.1) is 5.69 Å². The first-order valence-corrected chi connectivity index (χ1v) is 8.54. The Morgan fingerprint density at radius 2 is 2.33 bits per heavy atom. The molecule has 2 aromatic heterocycles. The first-order valence-electron chi connectivity index (χ1n) is 8.54. The summed E-state index contributed by atoms with van der Waals surface area (Å²) in [4.78, 5) is 19.0.